The summed E-state index contributed by atoms with van der Waals surface area (Å²) in [6, 6.07) is 23.3. The molecule has 152 valence electrons. The molecule has 0 aromatic heterocycles. The number of methoxy groups -OCH3 is 1. The third-order valence-electron chi connectivity index (χ3n) is 5.20. The summed E-state index contributed by atoms with van der Waals surface area (Å²) in [7, 11) is 1.54. The first-order chi connectivity index (χ1) is 15.0. The van der Waals surface area contributed by atoms with E-state index >= 15 is 0 Å². The molecule has 0 saturated carbocycles. The predicted molar refractivity (Wildman–Crippen MR) is 115 cm³/mol. The zero-order valence-corrected chi connectivity index (χ0v) is 16.6. The van der Waals surface area contributed by atoms with Crippen LogP contribution >= 0.6 is 0 Å². The minimum atomic E-state index is -0.809. The van der Waals surface area contributed by atoms with Crippen LogP contribution in [0.2, 0.25) is 0 Å². The summed E-state index contributed by atoms with van der Waals surface area (Å²) in [5.74, 6) is -1.17. The Balaban J connectivity index is 1.90. The van der Waals surface area contributed by atoms with Crippen molar-refractivity contribution in [3.05, 3.63) is 101 Å². The molecule has 1 N–H and O–H groups in total. The Morgan fingerprint density at radius 3 is 2.19 bits per heavy atom. The van der Waals surface area contributed by atoms with E-state index in [0.29, 0.717) is 28.1 Å². The normalized spacial score (nSPS) is 17.4. The van der Waals surface area contributed by atoms with E-state index in [0.717, 1.165) is 0 Å². The Kier molecular flexibility index (Phi) is 5.25. The Hall–Kier alpha value is -4.37. The molecule has 6 heteroatoms. The molecular weight excluding hydrogens is 392 g/mol. The van der Waals surface area contributed by atoms with Gasteiger partial charge in [-0.05, 0) is 54.1 Å². The van der Waals surface area contributed by atoms with E-state index in [1.54, 1.807) is 60.7 Å². The molecule has 31 heavy (non-hydrogen) atoms. The first-order valence-electron chi connectivity index (χ1n) is 9.55. The van der Waals surface area contributed by atoms with Crippen LogP contribution in [-0.2, 0) is 9.59 Å². The summed E-state index contributed by atoms with van der Waals surface area (Å²) in [4.78, 5) is 27.4. The van der Waals surface area contributed by atoms with Crippen LogP contribution in [0.3, 0.4) is 0 Å². The number of ketones is 1. The van der Waals surface area contributed by atoms with Crippen LogP contribution < -0.4 is 9.64 Å². The number of Topliss-reactive ketones (excluding diaryl/α,β-unsaturated/α-hetero) is 1. The predicted octanol–water partition coefficient (Wildman–Crippen LogP) is 4.19. The fraction of sp³-hybridized carbons (Fsp3) is 0.0800. The monoisotopic (exact) mass is 410 g/mol. The number of nitrogens with zero attached hydrogens (tertiary/aromatic N) is 2. The largest absolute Gasteiger partial charge is 0.507 e. The van der Waals surface area contributed by atoms with Gasteiger partial charge in [0.05, 0.1) is 30.4 Å². The molecule has 0 aliphatic carbocycles. The number of amides is 1. The van der Waals surface area contributed by atoms with Crippen LogP contribution in [0.5, 0.6) is 5.75 Å². The standard InChI is InChI=1S/C25H18N2O4/c1-31-20-13-9-18(10-14-20)23(28)21-22(17-5-3-2-4-6-17)27(25(30)24(21)29)19-11-7-16(15-26)8-12-19/h2-14,22,28H,1H3/b23-21-. The Bertz CT molecular complexity index is 1210. The quantitative estimate of drug-likeness (QED) is 0.396. The number of nitriles is 1. The summed E-state index contributed by atoms with van der Waals surface area (Å²) in [5, 5.41) is 20.1. The second-order valence-corrected chi connectivity index (χ2v) is 6.97. The van der Waals surface area contributed by atoms with Crippen LogP contribution in [-0.4, -0.2) is 23.9 Å². The van der Waals surface area contributed by atoms with E-state index in [2.05, 4.69) is 0 Å². The lowest BCUT2D eigenvalue weighted by Gasteiger charge is -2.25. The van der Waals surface area contributed by atoms with Crippen molar-refractivity contribution in [2.45, 2.75) is 6.04 Å². The first kappa shape index (κ1) is 19.9. The van der Waals surface area contributed by atoms with Gasteiger partial charge in [0, 0.05) is 11.3 Å². The highest BCUT2D eigenvalue weighted by Crippen LogP contribution is 2.42. The molecule has 0 radical (unpaired) electrons. The SMILES string of the molecule is COc1ccc(/C(O)=C2/C(=O)C(=O)N(c3ccc(C#N)cc3)C2c2ccccc2)cc1. The van der Waals surface area contributed by atoms with Crippen LogP contribution in [0, 0.1) is 11.3 Å². The number of hydrogen-bond donors (Lipinski definition) is 1. The number of ether oxygens (including phenoxy) is 1. The van der Waals surface area contributed by atoms with Crippen molar-refractivity contribution < 1.29 is 19.4 Å². The van der Waals surface area contributed by atoms with Crippen LogP contribution in [0.1, 0.15) is 22.7 Å². The molecule has 1 amide bonds. The van der Waals surface area contributed by atoms with Crippen LogP contribution in [0.25, 0.3) is 5.76 Å². The number of aliphatic hydroxyl groups is 1. The fourth-order valence-corrected chi connectivity index (χ4v) is 3.65. The summed E-state index contributed by atoms with van der Waals surface area (Å²) >= 11 is 0. The molecule has 3 aromatic carbocycles. The Morgan fingerprint density at radius 1 is 0.968 bits per heavy atom. The number of carbonyl (C=O) groups excluding carboxylic acids is 2. The van der Waals surface area contributed by atoms with E-state index in [9.17, 15) is 14.7 Å². The van der Waals surface area contributed by atoms with Crippen molar-refractivity contribution in [1.82, 2.24) is 0 Å². The van der Waals surface area contributed by atoms with Gasteiger partial charge in [0.15, 0.2) is 0 Å². The third-order valence-corrected chi connectivity index (χ3v) is 5.20. The number of benzene rings is 3. The molecule has 1 unspecified atom stereocenters. The average Bonchev–Trinajstić information content (AvgIpc) is 3.09. The molecule has 0 bridgehead atoms. The van der Waals surface area contributed by atoms with Gasteiger partial charge >= 0.3 is 0 Å². The lowest BCUT2D eigenvalue weighted by molar-refractivity contribution is -0.132. The van der Waals surface area contributed by atoms with E-state index < -0.39 is 17.7 Å². The van der Waals surface area contributed by atoms with Gasteiger partial charge in [-0.1, -0.05) is 30.3 Å². The third kappa shape index (κ3) is 3.53. The topological polar surface area (TPSA) is 90.6 Å². The Labute approximate surface area is 179 Å². The van der Waals surface area contributed by atoms with Crippen LogP contribution in [0.4, 0.5) is 5.69 Å². The molecule has 1 heterocycles. The highest BCUT2D eigenvalue weighted by Gasteiger charge is 2.46. The maximum Gasteiger partial charge on any atom is 0.300 e. The summed E-state index contributed by atoms with van der Waals surface area (Å²) in [5.41, 5.74) is 1.99. The molecule has 6 nitrogen and oxygen atoms in total. The highest BCUT2D eigenvalue weighted by molar-refractivity contribution is 6.51. The number of carbonyl (C=O) groups is 2. The molecule has 3 aromatic rings. The molecule has 1 aliphatic rings. The van der Waals surface area contributed by atoms with E-state index in [-0.39, 0.29) is 11.3 Å². The van der Waals surface area contributed by atoms with Gasteiger partial charge in [-0.2, -0.15) is 5.26 Å². The van der Waals surface area contributed by atoms with Gasteiger partial charge in [0.1, 0.15) is 11.5 Å². The van der Waals surface area contributed by atoms with Crippen molar-refractivity contribution >= 4 is 23.1 Å². The molecule has 0 spiro atoms. The van der Waals surface area contributed by atoms with Crippen LogP contribution in [0.15, 0.2) is 84.4 Å². The molecule has 1 aliphatic heterocycles. The van der Waals surface area contributed by atoms with E-state index in [1.165, 1.54) is 12.0 Å². The van der Waals surface area contributed by atoms with Crippen molar-refractivity contribution in [2.24, 2.45) is 0 Å². The lowest BCUT2D eigenvalue weighted by Crippen LogP contribution is -2.29. The van der Waals surface area contributed by atoms with Crippen molar-refractivity contribution in [2.75, 3.05) is 12.0 Å². The molecule has 1 fully saturated rings. The van der Waals surface area contributed by atoms with Crippen molar-refractivity contribution in [3.63, 3.8) is 0 Å². The second-order valence-electron chi connectivity index (χ2n) is 6.97. The summed E-state index contributed by atoms with van der Waals surface area (Å²) in [6.07, 6.45) is 0. The Morgan fingerprint density at radius 2 is 1.61 bits per heavy atom. The number of hydrogen-bond acceptors (Lipinski definition) is 5. The first-order valence-corrected chi connectivity index (χ1v) is 9.55. The maximum atomic E-state index is 13.0. The van der Waals surface area contributed by atoms with Gasteiger partial charge < -0.3 is 9.84 Å². The lowest BCUT2D eigenvalue weighted by atomic mass is 9.95. The van der Waals surface area contributed by atoms with E-state index in [1.807, 2.05) is 24.3 Å². The van der Waals surface area contributed by atoms with Gasteiger partial charge in [0.2, 0.25) is 0 Å². The zero-order valence-electron chi connectivity index (χ0n) is 16.6. The summed E-state index contributed by atoms with van der Waals surface area (Å²) in [6.45, 7) is 0. The highest BCUT2D eigenvalue weighted by atomic mass is 16.5. The van der Waals surface area contributed by atoms with Gasteiger partial charge in [-0.3, -0.25) is 14.5 Å². The molecule has 1 saturated heterocycles. The molecule has 4 rings (SSSR count). The number of rotatable bonds is 4. The number of anilines is 1. The van der Waals surface area contributed by atoms with E-state index in [4.69, 9.17) is 10.00 Å². The van der Waals surface area contributed by atoms with Gasteiger partial charge in [-0.15, -0.1) is 0 Å². The second kappa shape index (κ2) is 8.17. The smallest absolute Gasteiger partial charge is 0.300 e. The van der Waals surface area contributed by atoms with Gasteiger partial charge in [-0.25, -0.2) is 0 Å². The maximum absolute atomic E-state index is 13.0. The van der Waals surface area contributed by atoms with Crippen molar-refractivity contribution in [3.8, 4) is 11.8 Å². The number of aliphatic hydroxyl groups excluding tert-OH is 1. The van der Waals surface area contributed by atoms with Crippen molar-refractivity contribution in [1.29, 1.82) is 5.26 Å². The summed E-state index contributed by atoms with van der Waals surface area (Å²) < 4.78 is 5.15. The molecular formula is C25H18N2O4. The molecule has 1 atom stereocenters. The van der Waals surface area contributed by atoms with Gasteiger partial charge in [0.25, 0.3) is 11.7 Å². The fourth-order valence-electron chi connectivity index (χ4n) is 3.65. The zero-order chi connectivity index (χ0) is 22.0. The average molecular weight is 410 g/mol. The minimum Gasteiger partial charge on any atom is -0.507 e. The minimum absolute atomic E-state index is 0.00530.